The van der Waals surface area contributed by atoms with Gasteiger partial charge in [-0.05, 0) is 44.4 Å². The molecule has 4 amide bonds. The summed E-state index contributed by atoms with van der Waals surface area (Å²) in [6.45, 7) is 5.65. The van der Waals surface area contributed by atoms with Crippen molar-refractivity contribution in [2.45, 2.75) is 26.2 Å². The molecule has 3 saturated heterocycles. The van der Waals surface area contributed by atoms with E-state index in [0.29, 0.717) is 43.3 Å². The molecule has 2 spiro atoms. The Hall–Kier alpha value is -2.28. The molecule has 0 saturated carbocycles. The lowest BCUT2D eigenvalue weighted by molar-refractivity contribution is -0.141. The summed E-state index contributed by atoms with van der Waals surface area (Å²) in [5, 5.41) is 0.545. The molecule has 3 fully saturated rings. The summed E-state index contributed by atoms with van der Waals surface area (Å²) in [6.07, 6.45) is 2.22. The molecule has 31 heavy (non-hydrogen) atoms. The average molecular weight is 447 g/mol. The van der Waals surface area contributed by atoms with Crippen LogP contribution in [0, 0.1) is 10.8 Å². The first-order valence-electron chi connectivity index (χ1n) is 11.0. The van der Waals surface area contributed by atoms with E-state index in [1.54, 1.807) is 43.3 Å². The Morgan fingerprint density at radius 1 is 1.06 bits per heavy atom. The van der Waals surface area contributed by atoms with Crippen molar-refractivity contribution in [3.8, 4) is 0 Å². The van der Waals surface area contributed by atoms with Gasteiger partial charge in [-0.1, -0.05) is 17.7 Å². The lowest BCUT2D eigenvalue weighted by Crippen LogP contribution is -2.53. The van der Waals surface area contributed by atoms with Gasteiger partial charge in [-0.3, -0.25) is 9.59 Å². The molecule has 1 aromatic rings. The lowest BCUT2D eigenvalue weighted by Gasteiger charge is -2.46. The van der Waals surface area contributed by atoms with E-state index in [9.17, 15) is 14.4 Å². The highest BCUT2D eigenvalue weighted by molar-refractivity contribution is 6.30. The number of urea groups is 1. The average Bonchev–Trinajstić information content (AvgIpc) is 3.25. The summed E-state index contributed by atoms with van der Waals surface area (Å²) < 4.78 is 0. The minimum absolute atomic E-state index is 0.0291. The molecule has 8 heteroatoms. The van der Waals surface area contributed by atoms with E-state index in [-0.39, 0.29) is 23.3 Å². The number of amides is 4. The monoisotopic (exact) mass is 446 g/mol. The maximum Gasteiger partial charge on any atom is 0.319 e. The minimum Gasteiger partial charge on any atom is -0.342 e. The maximum absolute atomic E-state index is 13.5. The quantitative estimate of drug-likeness (QED) is 0.701. The van der Waals surface area contributed by atoms with Crippen LogP contribution in [0.3, 0.4) is 0 Å². The number of carbonyl (C=O) groups is 3. The van der Waals surface area contributed by atoms with Crippen LogP contribution in [0.5, 0.6) is 0 Å². The molecule has 1 atom stereocenters. The first kappa shape index (κ1) is 21.9. The largest absolute Gasteiger partial charge is 0.342 e. The molecular formula is C23H31ClN4O3. The number of nitrogens with zero attached hydrogens (tertiary/aromatic N) is 4. The second-order valence-corrected chi connectivity index (χ2v) is 9.77. The van der Waals surface area contributed by atoms with Gasteiger partial charge < -0.3 is 19.6 Å². The Balaban J connectivity index is 1.58. The third-order valence-corrected chi connectivity index (χ3v) is 7.82. The molecule has 1 unspecified atom stereocenters. The standard InChI is InChI=1S/C23H31ClN4O3/c1-4-26-13-10-23(20(26)30)16-28(21(31)25(2)3)15-22(23)8-11-27(12-9-22)19(29)17-6-5-7-18(24)14-17/h5-7,14H,4,8-13,15-16H2,1-3H3. The second kappa shape index (κ2) is 8.01. The molecule has 0 aromatic heterocycles. The van der Waals surface area contributed by atoms with Gasteiger partial charge in [0.1, 0.15) is 0 Å². The SMILES string of the molecule is CCN1CCC2(CN(C(=O)N(C)C)CC23CCN(C(=O)c2cccc(Cl)c2)CC3)C1=O. The summed E-state index contributed by atoms with van der Waals surface area (Å²) in [6, 6.07) is 6.98. The highest BCUT2D eigenvalue weighted by atomic mass is 35.5. The lowest BCUT2D eigenvalue weighted by atomic mass is 9.60. The smallest absolute Gasteiger partial charge is 0.319 e. The van der Waals surface area contributed by atoms with E-state index in [1.165, 1.54) is 0 Å². The minimum atomic E-state index is -0.542. The number of carbonyl (C=O) groups excluding carboxylic acids is 3. The third-order valence-electron chi connectivity index (χ3n) is 7.59. The predicted molar refractivity (Wildman–Crippen MR) is 119 cm³/mol. The highest BCUT2D eigenvalue weighted by Gasteiger charge is 2.66. The van der Waals surface area contributed by atoms with Crippen LogP contribution in [0.4, 0.5) is 4.79 Å². The van der Waals surface area contributed by atoms with Gasteiger partial charge in [0.2, 0.25) is 5.91 Å². The number of hydrogen-bond acceptors (Lipinski definition) is 3. The first-order valence-corrected chi connectivity index (χ1v) is 11.4. The van der Waals surface area contributed by atoms with Gasteiger partial charge in [0, 0.05) is 69.4 Å². The topological polar surface area (TPSA) is 64.2 Å². The molecule has 0 radical (unpaired) electrons. The molecule has 7 nitrogen and oxygen atoms in total. The second-order valence-electron chi connectivity index (χ2n) is 9.33. The predicted octanol–water partition coefficient (Wildman–Crippen LogP) is 2.80. The molecule has 1 aromatic carbocycles. The van der Waals surface area contributed by atoms with Gasteiger partial charge >= 0.3 is 6.03 Å². The van der Waals surface area contributed by atoms with Crippen LogP contribution in [0.2, 0.25) is 5.02 Å². The summed E-state index contributed by atoms with van der Waals surface area (Å²) >= 11 is 6.07. The number of likely N-dealkylation sites (tertiary alicyclic amines) is 3. The third kappa shape index (κ3) is 3.47. The van der Waals surface area contributed by atoms with E-state index < -0.39 is 5.41 Å². The van der Waals surface area contributed by atoms with E-state index in [2.05, 4.69) is 0 Å². The van der Waals surface area contributed by atoms with Crippen LogP contribution < -0.4 is 0 Å². The van der Waals surface area contributed by atoms with Crippen LogP contribution >= 0.6 is 11.6 Å². The van der Waals surface area contributed by atoms with Crippen LogP contribution in [0.1, 0.15) is 36.5 Å². The van der Waals surface area contributed by atoms with Crippen molar-refractivity contribution in [1.29, 1.82) is 0 Å². The van der Waals surface area contributed by atoms with Gasteiger partial charge in [-0.2, -0.15) is 0 Å². The summed E-state index contributed by atoms with van der Waals surface area (Å²) in [5.74, 6) is 0.150. The number of fused-ring (bicyclic) bond motifs is 1. The summed E-state index contributed by atoms with van der Waals surface area (Å²) in [4.78, 5) is 46.6. The van der Waals surface area contributed by atoms with Crippen molar-refractivity contribution in [1.82, 2.24) is 19.6 Å². The van der Waals surface area contributed by atoms with Gasteiger partial charge in [-0.25, -0.2) is 4.79 Å². The molecule has 0 N–H and O–H groups in total. The molecule has 4 rings (SSSR count). The Kier molecular flexibility index (Phi) is 5.66. The van der Waals surface area contributed by atoms with Gasteiger partial charge in [0.25, 0.3) is 5.91 Å². The van der Waals surface area contributed by atoms with Crippen molar-refractivity contribution >= 4 is 29.4 Å². The summed E-state index contributed by atoms with van der Waals surface area (Å²) in [5.41, 5.74) is -0.243. The van der Waals surface area contributed by atoms with Gasteiger partial charge in [-0.15, -0.1) is 0 Å². The van der Waals surface area contributed by atoms with Gasteiger partial charge in [0.05, 0.1) is 5.41 Å². The first-order chi connectivity index (χ1) is 14.7. The van der Waals surface area contributed by atoms with E-state index in [4.69, 9.17) is 11.6 Å². The maximum atomic E-state index is 13.5. The normalized spacial score (nSPS) is 25.0. The van der Waals surface area contributed by atoms with Crippen molar-refractivity contribution in [3.05, 3.63) is 34.9 Å². The summed E-state index contributed by atoms with van der Waals surface area (Å²) in [7, 11) is 3.50. The number of benzene rings is 1. The zero-order valence-corrected chi connectivity index (χ0v) is 19.3. The van der Waals surface area contributed by atoms with Crippen LogP contribution in [0.25, 0.3) is 0 Å². The van der Waals surface area contributed by atoms with Crippen molar-refractivity contribution in [2.75, 3.05) is 53.4 Å². The fraction of sp³-hybridized carbons (Fsp3) is 0.609. The Labute approximate surface area is 188 Å². The van der Waals surface area contributed by atoms with Crippen LogP contribution in [0.15, 0.2) is 24.3 Å². The molecule has 0 bridgehead atoms. The fourth-order valence-corrected chi connectivity index (χ4v) is 6.03. The molecule has 0 aliphatic carbocycles. The van der Waals surface area contributed by atoms with Crippen LogP contribution in [-0.4, -0.2) is 90.8 Å². The number of hydrogen-bond donors (Lipinski definition) is 0. The molecule has 3 heterocycles. The number of halogens is 1. The van der Waals surface area contributed by atoms with E-state index >= 15 is 0 Å². The van der Waals surface area contributed by atoms with Crippen molar-refractivity contribution in [3.63, 3.8) is 0 Å². The number of piperidine rings is 1. The zero-order chi connectivity index (χ0) is 22.4. The Morgan fingerprint density at radius 3 is 2.35 bits per heavy atom. The van der Waals surface area contributed by atoms with Crippen LogP contribution in [-0.2, 0) is 4.79 Å². The fourth-order valence-electron chi connectivity index (χ4n) is 5.84. The Morgan fingerprint density at radius 2 is 1.77 bits per heavy atom. The number of rotatable bonds is 2. The molecule has 3 aliphatic rings. The molecule has 3 aliphatic heterocycles. The van der Waals surface area contributed by atoms with Gasteiger partial charge in [0.15, 0.2) is 0 Å². The molecule has 168 valence electrons. The van der Waals surface area contributed by atoms with Crippen molar-refractivity contribution in [2.24, 2.45) is 10.8 Å². The highest BCUT2D eigenvalue weighted by Crippen LogP contribution is 2.58. The van der Waals surface area contributed by atoms with E-state index in [0.717, 1.165) is 25.8 Å². The van der Waals surface area contributed by atoms with E-state index in [1.807, 2.05) is 21.6 Å². The Bertz CT molecular complexity index is 897. The molecular weight excluding hydrogens is 416 g/mol. The zero-order valence-electron chi connectivity index (χ0n) is 18.6. The van der Waals surface area contributed by atoms with Crippen molar-refractivity contribution < 1.29 is 14.4 Å².